The fourth-order valence-corrected chi connectivity index (χ4v) is 2.57. The highest BCUT2D eigenvalue weighted by Crippen LogP contribution is 2.24. The standard InChI is InChI=1S/C15H25N3O/c1-2-8-16-15-10-13(7-9-17-15)18-11-12-5-3-4-6-14(12)19/h7,9-10,12,14,19H,2-6,8,11H2,1H3,(H2,16,17,18). The summed E-state index contributed by atoms with van der Waals surface area (Å²) in [4.78, 5) is 4.29. The van der Waals surface area contributed by atoms with Crippen molar-refractivity contribution in [2.24, 2.45) is 5.92 Å². The van der Waals surface area contributed by atoms with E-state index in [-0.39, 0.29) is 6.10 Å². The Kier molecular flexibility index (Phi) is 5.45. The summed E-state index contributed by atoms with van der Waals surface area (Å²) in [6, 6.07) is 4.01. The van der Waals surface area contributed by atoms with Gasteiger partial charge < -0.3 is 15.7 Å². The van der Waals surface area contributed by atoms with Crippen LogP contribution in [0.25, 0.3) is 0 Å². The Morgan fingerprint density at radius 3 is 2.95 bits per heavy atom. The van der Waals surface area contributed by atoms with Crippen LogP contribution < -0.4 is 10.6 Å². The first-order valence-corrected chi connectivity index (χ1v) is 7.41. The van der Waals surface area contributed by atoms with Crippen LogP contribution in [0.4, 0.5) is 11.5 Å². The van der Waals surface area contributed by atoms with Crippen LogP contribution in [0, 0.1) is 5.92 Å². The van der Waals surface area contributed by atoms with E-state index in [9.17, 15) is 5.11 Å². The lowest BCUT2D eigenvalue weighted by molar-refractivity contribution is 0.0763. The van der Waals surface area contributed by atoms with E-state index >= 15 is 0 Å². The Bertz CT molecular complexity index is 383. The predicted octanol–water partition coefficient (Wildman–Crippen LogP) is 2.87. The van der Waals surface area contributed by atoms with Crippen molar-refractivity contribution in [3.05, 3.63) is 18.3 Å². The molecule has 2 rings (SSSR count). The van der Waals surface area contributed by atoms with Crippen LogP contribution in [-0.2, 0) is 0 Å². The molecule has 4 nitrogen and oxygen atoms in total. The quantitative estimate of drug-likeness (QED) is 0.738. The number of nitrogens with zero attached hydrogens (tertiary/aromatic N) is 1. The van der Waals surface area contributed by atoms with Crippen molar-refractivity contribution in [2.45, 2.75) is 45.1 Å². The van der Waals surface area contributed by atoms with Crippen LogP contribution in [0.2, 0.25) is 0 Å². The van der Waals surface area contributed by atoms with E-state index in [1.54, 1.807) is 0 Å². The third-order valence-corrected chi connectivity index (χ3v) is 3.75. The molecule has 2 atom stereocenters. The van der Waals surface area contributed by atoms with Gasteiger partial charge in [-0.05, 0) is 25.3 Å². The first-order chi connectivity index (χ1) is 9.29. The fourth-order valence-electron chi connectivity index (χ4n) is 2.57. The maximum absolute atomic E-state index is 9.95. The third kappa shape index (κ3) is 4.39. The molecule has 106 valence electrons. The van der Waals surface area contributed by atoms with E-state index in [0.29, 0.717) is 5.92 Å². The average molecular weight is 263 g/mol. The Balaban J connectivity index is 1.84. The topological polar surface area (TPSA) is 57.2 Å². The lowest BCUT2D eigenvalue weighted by Crippen LogP contribution is -2.30. The molecule has 1 aromatic heterocycles. The van der Waals surface area contributed by atoms with Gasteiger partial charge in [0.2, 0.25) is 0 Å². The smallest absolute Gasteiger partial charge is 0.127 e. The Morgan fingerprint density at radius 1 is 1.32 bits per heavy atom. The summed E-state index contributed by atoms with van der Waals surface area (Å²) in [5, 5.41) is 16.7. The van der Waals surface area contributed by atoms with E-state index < -0.39 is 0 Å². The maximum Gasteiger partial charge on any atom is 0.127 e. The second-order valence-electron chi connectivity index (χ2n) is 5.35. The van der Waals surface area contributed by atoms with Crippen LogP contribution >= 0.6 is 0 Å². The Hall–Kier alpha value is -1.29. The van der Waals surface area contributed by atoms with Crippen LogP contribution in [0.15, 0.2) is 18.3 Å². The van der Waals surface area contributed by atoms with Gasteiger partial charge in [-0.1, -0.05) is 19.8 Å². The van der Waals surface area contributed by atoms with E-state index in [1.807, 2.05) is 18.3 Å². The molecule has 0 bridgehead atoms. The molecule has 0 spiro atoms. The van der Waals surface area contributed by atoms with Crippen LogP contribution in [0.5, 0.6) is 0 Å². The number of hydrogen-bond donors (Lipinski definition) is 3. The molecule has 1 aliphatic rings. The molecule has 0 amide bonds. The molecular weight excluding hydrogens is 238 g/mol. The maximum atomic E-state index is 9.95. The van der Waals surface area contributed by atoms with Crippen molar-refractivity contribution in [2.75, 3.05) is 23.7 Å². The first-order valence-electron chi connectivity index (χ1n) is 7.41. The lowest BCUT2D eigenvalue weighted by Gasteiger charge is -2.28. The van der Waals surface area contributed by atoms with Gasteiger partial charge in [0.25, 0.3) is 0 Å². The predicted molar refractivity (Wildman–Crippen MR) is 79.5 cm³/mol. The van der Waals surface area contributed by atoms with Crippen molar-refractivity contribution in [1.82, 2.24) is 4.98 Å². The fraction of sp³-hybridized carbons (Fsp3) is 0.667. The van der Waals surface area contributed by atoms with Crippen LogP contribution in [0.1, 0.15) is 39.0 Å². The molecule has 0 saturated heterocycles. The first kappa shape index (κ1) is 14.1. The third-order valence-electron chi connectivity index (χ3n) is 3.75. The van der Waals surface area contributed by atoms with E-state index in [4.69, 9.17) is 0 Å². The van der Waals surface area contributed by atoms with Gasteiger partial charge in [0.1, 0.15) is 5.82 Å². The lowest BCUT2D eigenvalue weighted by atomic mass is 9.86. The summed E-state index contributed by atoms with van der Waals surface area (Å²) in [7, 11) is 0. The van der Waals surface area contributed by atoms with Gasteiger partial charge in [-0.25, -0.2) is 4.98 Å². The van der Waals surface area contributed by atoms with E-state index in [0.717, 1.165) is 50.3 Å². The molecular formula is C15H25N3O. The summed E-state index contributed by atoms with van der Waals surface area (Å²) in [5.41, 5.74) is 1.08. The Labute approximate surface area is 115 Å². The van der Waals surface area contributed by atoms with Gasteiger partial charge in [-0.15, -0.1) is 0 Å². The van der Waals surface area contributed by atoms with Crippen molar-refractivity contribution in [3.8, 4) is 0 Å². The second-order valence-corrected chi connectivity index (χ2v) is 5.35. The van der Waals surface area contributed by atoms with Crippen LogP contribution in [0.3, 0.4) is 0 Å². The van der Waals surface area contributed by atoms with E-state index in [1.165, 1.54) is 6.42 Å². The minimum atomic E-state index is -0.138. The largest absolute Gasteiger partial charge is 0.393 e. The van der Waals surface area contributed by atoms with Gasteiger partial charge in [0.05, 0.1) is 6.10 Å². The number of aliphatic hydroxyl groups is 1. The molecule has 1 saturated carbocycles. The molecule has 0 aliphatic heterocycles. The zero-order valence-corrected chi connectivity index (χ0v) is 11.7. The molecule has 3 N–H and O–H groups in total. The monoisotopic (exact) mass is 263 g/mol. The molecule has 1 aromatic rings. The normalized spacial score (nSPS) is 23.1. The second kappa shape index (κ2) is 7.34. The van der Waals surface area contributed by atoms with Gasteiger partial charge >= 0.3 is 0 Å². The molecule has 0 aromatic carbocycles. The number of aliphatic hydroxyl groups excluding tert-OH is 1. The molecule has 2 unspecified atom stereocenters. The highest BCUT2D eigenvalue weighted by Gasteiger charge is 2.22. The number of pyridine rings is 1. The molecule has 4 heteroatoms. The summed E-state index contributed by atoms with van der Waals surface area (Å²) >= 11 is 0. The molecule has 19 heavy (non-hydrogen) atoms. The number of rotatable bonds is 6. The number of anilines is 2. The molecule has 1 fully saturated rings. The SMILES string of the molecule is CCCNc1cc(NCC2CCCCC2O)ccn1. The van der Waals surface area contributed by atoms with Crippen molar-refractivity contribution in [1.29, 1.82) is 0 Å². The summed E-state index contributed by atoms with van der Waals surface area (Å²) in [6.45, 7) is 3.93. The van der Waals surface area contributed by atoms with Crippen molar-refractivity contribution >= 4 is 11.5 Å². The summed E-state index contributed by atoms with van der Waals surface area (Å²) in [5.74, 6) is 1.30. The van der Waals surface area contributed by atoms with Crippen LogP contribution in [-0.4, -0.2) is 29.3 Å². The number of hydrogen-bond acceptors (Lipinski definition) is 4. The van der Waals surface area contributed by atoms with Crippen molar-refractivity contribution < 1.29 is 5.11 Å². The average Bonchev–Trinajstić information content (AvgIpc) is 2.45. The Morgan fingerprint density at radius 2 is 2.16 bits per heavy atom. The summed E-state index contributed by atoms with van der Waals surface area (Å²) in [6.07, 6.45) is 7.25. The zero-order chi connectivity index (χ0) is 13.5. The molecule has 1 aliphatic carbocycles. The van der Waals surface area contributed by atoms with Gasteiger partial charge in [-0.2, -0.15) is 0 Å². The van der Waals surface area contributed by atoms with Gasteiger partial charge in [-0.3, -0.25) is 0 Å². The highest BCUT2D eigenvalue weighted by molar-refractivity contribution is 5.51. The zero-order valence-electron chi connectivity index (χ0n) is 11.7. The molecule has 0 radical (unpaired) electrons. The molecule has 1 heterocycles. The van der Waals surface area contributed by atoms with Gasteiger partial charge in [0.15, 0.2) is 0 Å². The highest BCUT2D eigenvalue weighted by atomic mass is 16.3. The number of aromatic nitrogens is 1. The van der Waals surface area contributed by atoms with Crippen molar-refractivity contribution in [3.63, 3.8) is 0 Å². The minimum absolute atomic E-state index is 0.138. The van der Waals surface area contributed by atoms with Gasteiger partial charge in [0, 0.05) is 37.0 Å². The van der Waals surface area contributed by atoms with E-state index in [2.05, 4.69) is 22.5 Å². The minimum Gasteiger partial charge on any atom is -0.393 e. The number of nitrogens with one attached hydrogen (secondary N) is 2. The summed E-state index contributed by atoms with van der Waals surface area (Å²) < 4.78 is 0.